The number of amides is 1. The van der Waals surface area contributed by atoms with Crippen molar-refractivity contribution in [2.75, 3.05) is 18.5 Å². The van der Waals surface area contributed by atoms with Crippen molar-refractivity contribution in [1.82, 2.24) is 5.32 Å². The quantitative estimate of drug-likeness (QED) is 0.818. The van der Waals surface area contributed by atoms with Gasteiger partial charge in [0.05, 0.1) is 17.8 Å². The summed E-state index contributed by atoms with van der Waals surface area (Å²) < 4.78 is 0. The number of nitrogens with zero attached hydrogens (tertiary/aromatic N) is 1. The molecule has 0 atom stereocenters. The second kappa shape index (κ2) is 5.18. The number of benzene rings is 1. The van der Waals surface area contributed by atoms with Crippen molar-refractivity contribution in [2.45, 2.75) is 18.9 Å². The molecule has 0 spiro atoms. The predicted molar refractivity (Wildman–Crippen MR) is 67.8 cm³/mol. The number of carboxylic acid groups (broad SMARTS) is 1. The van der Waals surface area contributed by atoms with Crippen LogP contribution in [-0.2, 0) is 4.79 Å². The molecule has 0 aromatic heterocycles. The third-order valence-corrected chi connectivity index (χ3v) is 2.99. The van der Waals surface area contributed by atoms with Crippen LogP contribution >= 0.6 is 0 Å². The maximum absolute atomic E-state index is 11.9. The first kappa shape index (κ1) is 12.6. The smallest absolute Gasteiger partial charge is 0.337 e. The Kier molecular flexibility index (Phi) is 3.62. The zero-order valence-corrected chi connectivity index (χ0v) is 10.2. The minimum atomic E-state index is -1.03. The number of hydrogen-bond donors (Lipinski definition) is 2. The minimum Gasteiger partial charge on any atom is -0.478 e. The van der Waals surface area contributed by atoms with Crippen LogP contribution in [0.4, 0.5) is 5.69 Å². The number of para-hydroxylation sites is 1. The number of aromatic carboxylic acids is 1. The lowest BCUT2D eigenvalue weighted by molar-refractivity contribution is -0.117. The van der Waals surface area contributed by atoms with E-state index in [1.165, 1.54) is 11.0 Å². The van der Waals surface area contributed by atoms with E-state index in [1.54, 1.807) is 25.2 Å². The summed E-state index contributed by atoms with van der Waals surface area (Å²) in [6, 6.07) is 6.96. The molecule has 0 aliphatic heterocycles. The fourth-order valence-corrected chi connectivity index (χ4v) is 1.72. The van der Waals surface area contributed by atoms with Crippen molar-refractivity contribution in [2.24, 2.45) is 0 Å². The summed E-state index contributed by atoms with van der Waals surface area (Å²) in [6.07, 6.45) is 2.23. The van der Waals surface area contributed by atoms with Crippen LogP contribution in [0.1, 0.15) is 23.2 Å². The normalized spacial score (nSPS) is 14.3. The number of carbonyl (C=O) groups is 2. The van der Waals surface area contributed by atoms with Crippen LogP contribution in [-0.4, -0.2) is 36.6 Å². The Balaban J connectivity index is 2.08. The summed E-state index contributed by atoms with van der Waals surface area (Å²) in [5.41, 5.74) is 0.562. The van der Waals surface area contributed by atoms with Gasteiger partial charge in [0.1, 0.15) is 0 Å². The molecule has 1 saturated carbocycles. The van der Waals surface area contributed by atoms with E-state index in [-0.39, 0.29) is 18.0 Å². The van der Waals surface area contributed by atoms with Crippen molar-refractivity contribution in [3.63, 3.8) is 0 Å². The molecule has 18 heavy (non-hydrogen) atoms. The predicted octanol–water partition coefficient (Wildman–Crippen LogP) is 1.10. The fraction of sp³-hybridized carbons (Fsp3) is 0.385. The molecule has 5 nitrogen and oxygen atoms in total. The van der Waals surface area contributed by atoms with Gasteiger partial charge in [0, 0.05) is 13.1 Å². The first-order valence-corrected chi connectivity index (χ1v) is 5.92. The van der Waals surface area contributed by atoms with Gasteiger partial charge < -0.3 is 15.3 Å². The summed E-state index contributed by atoms with van der Waals surface area (Å²) in [5, 5.41) is 12.2. The number of carboxylic acids is 1. The van der Waals surface area contributed by atoms with Crippen molar-refractivity contribution in [1.29, 1.82) is 0 Å². The van der Waals surface area contributed by atoms with Gasteiger partial charge in [-0.05, 0) is 25.0 Å². The van der Waals surface area contributed by atoms with Gasteiger partial charge in [-0.2, -0.15) is 0 Å². The molecule has 1 aromatic carbocycles. The second-order valence-corrected chi connectivity index (χ2v) is 4.43. The topological polar surface area (TPSA) is 69.6 Å². The Bertz CT molecular complexity index is 469. The van der Waals surface area contributed by atoms with E-state index in [9.17, 15) is 9.59 Å². The van der Waals surface area contributed by atoms with Gasteiger partial charge >= 0.3 is 5.97 Å². The molecule has 96 valence electrons. The Morgan fingerprint density at radius 1 is 1.39 bits per heavy atom. The van der Waals surface area contributed by atoms with Gasteiger partial charge in [-0.1, -0.05) is 12.1 Å². The van der Waals surface area contributed by atoms with Crippen LogP contribution in [0.2, 0.25) is 0 Å². The molecule has 1 aliphatic rings. The third kappa shape index (κ3) is 2.87. The highest BCUT2D eigenvalue weighted by Gasteiger charge is 2.23. The monoisotopic (exact) mass is 248 g/mol. The zero-order valence-electron chi connectivity index (χ0n) is 10.2. The molecule has 2 N–H and O–H groups in total. The van der Waals surface area contributed by atoms with Crippen molar-refractivity contribution >= 4 is 17.6 Å². The maximum Gasteiger partial charge on any atom is 0.337 e. The standard InChI is InChI=1S/C13H16N2O3/c1-15(12(16)8-14-9-6-7-9)11-5-3-2-4-10(11)13(17)18/h2-5,9,14H,6-8H2,1H3,(H,17,18). The Hall–Kier alpha value is -1.88. The van der Waals surface area contributed by atoms with Gasteiger partial charge in [0.15, 0.2) is 0 Å². The lowest BCUT2D eigenvalue weighted by Crippen LogP contribution is -2.37. The summed E-state index contributed by atoms with van der Waals surface area (Å²) in [6.45, 7) is 0.245. The molecule has 0 bridgehead atoms. The van der Waals surface area contributed by atoms with E-state index in [2.05, 4.69) is 5.32 Å². The molecule has 1 aliphatic carbocycles. The molecular weight excluding hydrogens is 232 g/mol. The first-order valence-electron chi connectivity index (χ1n) is 5.92. The summed E-state index contributed by atoms with van der Waals surface area (Å²) in [4.78, 5) is 24.4. The van der Waals surface area contributed by atoms with Gasteiger partial charge in [0.25, 0.3) is 0 Å². The SMILES string of the molecule is CN(C(=O)CNC1CC1)c1ccccc1C(=O)O. The van der Waals surface area contributed by atoms with Crippen LogP contribution in [0.5, 0.6) is 0 Å². The lowest BCUT2D eigenvalue weighted by atomic mass is 10.1. The highest BCUT2D eigenvalue weighted by molar-refractivity contribution is 6.02. The number of carbonyl (C=O) groups excluding carboxylic acids is 1. The zero-order chi connectivity index (χ0) is 13.1. The number of nitrogens with one attached hydrogen (secondary N) is 1. The number of likely N-dealkylation sites (N-methyl/N-ethyl adjacent to an activating group) is 1. The Labute approximate surface area is 105 Å². The summed E-state index contributed by atoms with van der Waals surface area (Å²) in [5.74, 6) is -1.16. The van der Waals surface area contributed by atoms with Gasteiger partial charge in [-0.3, -0.25) is 4.79 Å². The number of rotatable bonds is 5. The molecule has 2 rings (SSSR count). The first-order chi connectivity index (χ1) is 8.59. The highest BCUT2D eigenvalue weighted by Crippen LogP contribution is 2.20. The van der Waals surface area contributed by atoms with E-state index in [0.29, 0.717) is 11.7 Å². The number of anilines is 1. The molecule has 1 fully saturated rings. The van der Waals surface area contributed by atoms with Crippen LogP contribution in [0.25, 0.3) is 0 Å². The molecule has 1 amide bonds. The van der Waals surface area contributed by atoms with E-state index in [0.717, 1.165) is 12.8 Å². The number of hydrogen-bond acceptors (Lipinski definition) is 3. The Morgan fingerprint density at radius 3 is 2.67 bits per heavy atom. The Morgan fingerprint density at radius 2 is 2.06 bits per heavy atom. The van der Waals surface area contributed by atoms with E-state index in [4.69, 9.17) is 5.11 Å². The molecular formula is C13H16N2O3. The van der Waals surface area contributed by atoms with Crippen molar-refractivity contribution < 1.29 is 14.7 Å². The van der Waals surface area contributed by atoms with Crippen LogP contribution < -0.4 is 10.2 Å². The van der Waals surface area contributed by atoms with E-state index < -0.39 is 5.97 Å². The van der Waals surface area contributed by atoms with Crippen LogP contribution in [0, 0.1) is 0 Å². The summed E-state index contributed by atoms with van der Waals surface area (Å²) >= 11 is 0. The largest absolute Gasteiger partial charge is 0.478 e. The average molecular weight is 248 g/mol. The van der Waals surface area contributed by atoms with Crippen molar-refractivity contribution in [3.8, 4) is 0 Å². The molecule has 0 unspecified atom stereocenters. The minimum absolute atomic E-state index is 0.129. The summed E-state index contributed by atoms with van der Waals surface area (Å²) in [7, 11) is 1.60. The molecule has 0 saturated heterocycles. The van der Waals surface area contributed by atoms with Crippen LogP contribution in [0.15, 0.2) is 24.3 Å². The molecule has 5 heteroatoms. The third-order valence-electron chi connectivity index (χ3n) is 2.99. The van der Waals surface area contributed by atoms with Gasteiger partial charge in [-0.15, -0.1) is 0 Å². The van der Waals surface area contributed by atoms with Crippen LogP contribution in [0.3, 0.4) is 0 Å². The van der Waals surface area contributed by atoms with Gasteiger partial charge in [-0.25, -0.2) is 4.79 Å². The molecule has 1 aromatic rings. The van der Waals surface area contributed by atoms with E-state index in [1.807, 2.05) is 0 Å². The van der Waals surface area contributed by atoms with Gasteiger partial charge in [0.2, 0.25) is 5.91 Å². The molecule has 0 heterocycles. The highest BCUT2D eigenvalue weighted by atomic mass is 16.4. The maximum atomic E-state index is 11.9. The average Bonchev–Trinajstić information content (AvgIpc) is 3.19. The molecule has 0 radical (unpaired) electrons. The van der Waals surface area contributed by atoms with Crippen molar-refractivity contribution in [3.05, 3.63) is 29.8 Å². The second-order valence-electron chi connectivity index (χ2n) is 4.43. The fourth-order valence-electron chi connectivity index (χ4n) is 1.72. The van der Waals surface area contributed by atoms with E-state index >= 15 is 0 Å². The lowest BCUT2D eigenvalue weighted by Gasteiger charge is -2.19.